The summed E-state index contributed by atoms with van der Waals surface area (Å²) in [6.07, 6.45) is 2.59. The van der Waals surface area contributed by atoms with Gasteiger partial charge in [-0.25, -0.2) is 0 Å². The van der Waals surface area contributed by atoms with Crippen LogP contribution in [0.4, 0.5) is 0 Å². The third kappa shape index (κ3) is 5.17. The van der Waals surface area contributed by atoms with Crippen molar-refractivity contribution in [2.24, 2.45) is 5.92 Å². The monoisotopic (exact) mass is 226 g/mol. The number of rotatable bonds is 4. The van der Waals surface area contributed by atoms with Crippen LogP contribution in [0.3, 0.4) is 0 Å². The second-order valence-electron chi connectivity index (χ2n) is 3.32. The molecule has 0 saturated heterocycles. The molecule has 2 amide bonds. The third-order valence-electron chi connectivity index (χ3n) is 1.64. The van der Waals surface area contributed by atoms with Crippen molar-refractivity contribution in [2.75, 3.05) is 0 Å². The molecule has 5 heteroatoms. The maximum atomic E-state index is 11.2. The fourth-order valence-electron chi connectivity index (χ4n) is 0.813. The van der Waals surface area contributed by atoms with E-state index in [4.69, 9.17) is 17.6 Å². The van der Waals surface area contributed by atoms with Gasteiger partial charge >= 0.3 is 0 Å². The molecule has 0 atom stereocenters. The van der Waals surface area contributed by atoms with Gasteiger partial charge in [-0.3, -0.25) is 14.9 Å². The van der Waals surface area contributed by atoms with Gasteiger partial charge in [-0.15, -0.1) is 0 Å². The van der Waals surface area contributed by atoms with E-state index in [1.54, 1.807) is 0 Å². The molecule has 0 aromatic heterocycles. The SMILES string of the molecule is CC(=O)NC(=O)C(=S)/C=C(/C=N)C(C)C. The van der Waals surface area contributed by atoms with Crippen LogP contribution in [0.5, 0.6) is 0 Å². The molecule has 82 valence electrons. The van der Waals surface area contributed by atoms with Crippen molar-refractivity contribution in [3.63, 3.8) is 0 Å². The van der Waals surface area contributed by atoms with Crippen molar-refractivity contribution in [1.29, 1.82) is 5.41 Å². The molecule has 4 nitrogen and oxygen atoms in total. The number of nitrogens with one attached hydrogen (secondary N) is 2. The van der Waals surface area contributed by atoms with Gasteiger partial charge < -0.3 is 5.41 Å². The highest BCUT2D eigenvalue weighted by Crippen LogP contribution is 2.06. The fraction of sp³-hybridized carbons (Fsp3) is 0.400. The Bertz CT molecular complexity index is 332. The molecule has 0 unspecified atom stereocenters. The number of hydrogen-bond donors (Lipinski definition) is 2. The van der Waals surface area contributed by atoms with E-state index in [0.717, 1.165) is 6.21 Å². The average molecular weight is 226 g/mol. The van der Waals surface area contributed by atoms with E-state index >= 15 is 0 Å². The van der Waals surface area contributed by atoms with Crippen LogP contribution in [0.1, 0.15) is 20.8 Å². The molecule has 0 aromatic carbocycles. The Hall–Kier alpha value is -1.36. The normalized spacial score (nSPS) is 11.1. The fourth-order valence-corrected chi connectivity index (χ4v) is 1.00. The summed E-state index contributed by atoms with van der Waals surface area (Å²) in [6.45, 7) is 5.02. The van der Waals surface area contributed by atoms with Gasteiger partial charge in [0.1, 0.15) is 4.86 Å². The number of carbonyl (C=O) groups is 2. The van der Waals surface area contributed by atoms with Gasteiger partial charge in [0.15, 0.2) is 0 Å². The number of carbonyl (C=O) groups excluding carboxylic acids is 2. The van der Waals surface area contributed by atoms with Crippen LogP contribution >= 0.6 is 12.2 Å². The van der Waals surface area contributed by atoms with Gasteiger partial charge in [0.25, 0.3) is 5.91 Å². The van der Waals surface area contributed by atoms with E-state index in [1.165, 1.54) is 13.0 Å². The van der Waals surface area contributed by atoms with Crippen molar-refractivity contribution < 1.29 is 9.59 Å². The maximum absolute atomic E-state index is 11.2. The molecule has 0 radical (unpaired) electrons. The molecule has 0 bridgehead atoms. The number of hydrogen-bond acceptors (Lipinski definition) is 4. The molecule has 0 fully saturated rings. The highest BCUT2D eigenvalue weighted by Gasteiger charge is 2.10. The van der Waals surface area contributed by atoms with Crippen molar-refractivity contribution in [1.82, 2.24) is 5.32 Å². The van der Waals surface area contributed by atoms with E-state index in [9.17, 15) is 9.59 Å². The molecular weight excluding hydrogens is 212 g/mol. The Kier molecular flexibility index (Phi) is 5.62. The summed E-state index contributed by atoms with van der Waals surface area (Å²) in [7, 11) is 0. The number of thiocarbonyl (C=S) groups is 1. The topological polar surface area (TPSA) is 70.0 Å². The number of allylic oxidation sites excluding steroid dienone is 1. The first kappa shape index (κ1) is 13.6. The van der Waals surface area contributed by atoms with Crippen LogP contribution in [0, 0.1) is 11.3 Å². The first-order valence-corrected chi connectivity index (χ1v) is 4.87. The van der Waals surface area contributed by atoms with Crippen molar-refractivity contribution >= 4 is 35.1 Å². The van der Waals surface area contributed by atoms with Crippen molar-refractivity contribution in [3.8, 4) is 0 Å². The Morgan fingerprint density at radius 2 is 1.93 bits per heavy atom. The molecule has 0 rings (SSSR count). The second-order valence-corrected chi connectivity index (χ2v) is 3.76. The zero-order valence-corrected chi connectivity index (χ0v) is 9.77. The number of imide groups is 1. The first-order chi connectivity index (χ1) is 6.88. The summed E-state index contributed by atoms with van der Waals surface area (Å²) in [5.41, 5.74) is 0.652. The van der Waals surface area contributed by atoms with Gasteiger partial charge in [0, 0.05) is 13.1 Å². The van der Waals surface area contributed by atoms with E-state index in [-0.39, 0.29) is 10.8 Å². The summed E-state index contributed by atoms with van der Waals surface area (Å²) in [6, 6.07) is 0. The minimum absolute atomic E-state index is 0.0115. The minimum Gasteiger partial charge on any atom is -0.308 e. The lowest BCUT2D eigenvalue weighted by Crippen LogP contribution is -2.32. The second kappa shape index (κ2) is 6.19. The summed E-state index contributed by atoms with van der Waals surface area (Å²) >= 11 is 4.81. The van der Waals surface area contributed by atoms with E-state index in [0.29, 0.717) is 5.57 Å². The van der Waals surface area contributed by atoms with Crippen molar-refractivity contribution in [3.05, 3.63) is 11.6 Å². The number of amides is 2. The first-order valence-electron chi connectivity index (χ1n) is 4.46. The van der Waals surface area contributed by atoms with Crippen LogP contribution in [0.15, 0.2) is 11.6 Å². The van der Waals surface area contributed by atoms with E-state index in [1.807, 2.05) is 13.8 Å². The van der Waals surface area contributed by atoms with Gasteiger partial charge in [0.05, 0.1) is 0 Å². The molecule has 0 spiro atoms. The quantitative estimate of drug-likeness (QED) is 0.430. The molecule has 0 aliphatic heterocycles. The van der Waals surface area contributed by atoms with Gasteiger partial charge in [-0.1, -0.05) is 26.1 Å². The van der Waals surface area contributed by atoms with E-state index in [2.05, 4.69) is 5.32 Å². The Balaban J connectivity index is 4.65. The zero-order valence-electron chi connectivity index (χ0n) is 8.96. The summed E-state index contributed by atoms with van der Waals surface area (Å²) in [4.78, 5) is 21.8. The lowest BCUT2D eigenvalue weighted by molar-refractivity contribution is -0.125. The molecule has 0 heterocycles. The standard InChI is InChI=1S/C10H14N2O2S/c1-6(2)8(5-11)4-9(15)10(14)12-7(3)13/h4-6,11H,1-3H3,(H,12,13,14)/b8-4-,11-5?. The largest absolute Gasteiger partial charge is 0.308 e. The summed E-state index contributed by atoms with van der Waals surface area (Å²) < 4.78 is 0. The molecule has 0 aliphatic rings. The predicted octanol–water partition coefficient (Wildman–Crippen LogP) is 1.25. The zero-order chi connectivity index (χ0) is 12.0. The van der Waals surface area contributed by atoms with Crippen LogP contribution in [-0.4, -0.2) is 22.9 Å². The molecular formula is C10H14N2O2S. The molecule has 15 heavy (non-hydrogen) atoms. The molecule has 0 aromatic rings. The van der Waals surface area contributed by atoms with Crippen molar-refractivity contribution in [2.45, 2.75) is 20.8 Å². The van der Waals surface area contributed by atoms with Crippen LogP contribution < -0.4 is 5.32 Å². The third-order valence-corrected chi connectivity index (χ3v) is 1.95. The summed E-state index contributed by atoms with van der Waals surface area (Å²) in [5, 5.41) is 9.19. The average Bonchev–Trinajstić information content (AvgIpc) is 2.11. The lowest BCUT2D eigenvalue weighted by Gasteiger charge is -2.05. The molecule has 0 aliphatic carbocycles. The molecule has 2 N–H and O–H groups in total. The van der Waals surface area contributed by atoms with Gasteiger partial charge in [-0.2, -0.15) is 0 Å². The predicted molar refractivity (Wildman–Crippen MR) is 63.1 cm³/mol. The van der Waals surface area contributed by atoms with Crippen LogP contribution in [0.2, 0.25) is 0 Å². The Labute approximate surface area is 94.3 Å². The van der Waals surface area contributed by atoms with Crippen LogP contribution in [0.25, 0.3) is 0 Å². The Morgan fingerprint density at radius 3 is 2.27 bits per heavy atom. The maximum Gasteiger partial charge on any atom is 0.268 e. The lowest BCUT2D eigenvalue weighted by atomic mass is 10.0. The van der Waals surface area contributed by atoms with Gasteiger partial charge in [0.2, 0.25) is 5.91 Å². The highest BCUT2D eigenvalue weighted by molar-refractivity contribution is 7.82. The van der Waals surface area contributed by atoms with Gasteiger partial charge in [-0.05, 0) is 17.6 Å². The molecule has 0 saturated carbocycles. The minimum atomic E-state index is -0.600. The summed E-state index contributed by atoms with van der Waals surface area (Å²) in [5.74, 6) is -0.931. The Morgan fingerprint density at radius 1 is 1.40 bits per heavy atom. The van der Waals surface area contributed by atoms with Crippen LogP contribution in [-0.2, 0) is 9.59 Å². The smallest absolute Gasteiger partial charge is 0.268 e. The van der Waals surface area contributed by atoms with E-state index < -0.39 is 11.8 Å². The highest BCUT2D eigenvalue weighted by atomic mass is 32.1.